The normalized spacial score (nSPS) is 9.67. The molecule has 0 unspecified atom stereocenters. The van der Waals surface area contributed by atoms with Crippen LogP contribution in [0, 0.1) is 0 Å². The number of hydrogen-bond donors (Lipinski definition) is 2. The Morgan fingerprint density at radius 2 is 1.87 bits per heavy atom. The molecule has 0 fully saturated rings. The van der Waals surface area contributed by atoms with E-state index in [0.717, 1.165) is 5.69 Å². The summed E-state index contributed by atoms with van der Waals surface area (Å²) in [6.07, 6.45) is 0. The Bertz CT molecular complexity index is 330. The lowest BCUT2D eigenvalue weighted by Crippen LogP contribution is -2.21. The van der Waals surface area contributed by atoms with Crippen LogP contribution in [0.4, 0.5) is 5.69 Å². The van der Waals surface area contributed by atoms with Crippen molar-refractivity contribution in [2.75, 3.05) is 26.1 Å². The smallest absolute Gasteiger partial charge is 0.509 e. The van der Waals surface area contributed by atoms with Crippen molar-refractivity contribution >= 4 is 13.0 Å². The lowest BCUT2D eigenvalue weighted by molar-refractivity contribution is 0.279. The molecule has 5 nitrogen and oxygen atoms in total. The second-order valence-electron chi connectivity index (χ2n) is 3.17. The molecule has 0 bridgehead atoms. The highest BCUT2D eigenvalue weighted by molar-refractivity contribution is 6.33. The Balaban J connectivity index is 2.98. The Kier molecular flexibility index (Phi) is 3.82. The Hall–Kier alpha value is -1.40. The maximum absolute atomic E-state index is 8.67. The molecule has 1 aromatic carbocycles. The van der Waals surface area contributed by atoms with E-state index in [0.29, 0.717) is 5.75 Å². The van der Waals surface area contributed by atoms with Crippen LogP contribution in [0.25, 0.3) is 0 Å². The van der Waals surface area contributed by atoms with E-state index in [1.54, 1.807) is 18.2 Å². The van der Waals surface area contributed by atoms with Crippen LogP contribution in [-0.2, 0) is 0 Å². The molecule has 0 aliphatic rings. The van der Waals surface area contributed by atoms with E-state index in [9.17, 15) is 0 Å². The minimum atomic E-state index is -1.84. The van der Waals surface area contributed by atoms with Gasteiger partial charge in [-0.3, -0.25) is 0 Å². The van der Waals surface area contributed by atoms with Crippen molar-refractivity contribution < 1.29 is 19.4 Å². The van der Waals surface area contributed by atoms with Gasteiger partial charge in [0, 0.05) is 25.8 Å². The molecule has 0 radical (unpaired) electrons. The number of benzene rings is 1. The second-order valence-corrected chi connectivity index (χ2v) is 3.17. The maximum atomic E-state index is 8.67. The molecule has 2 N–H and O–H groups in total. The Labute approximate surface area is 89.0 Å². The van der Waals surface area contributed by atoms with Gasteiger partial charge in [0.05, 0.1) is 7.11 Å². The van der Waals surface area contributed by atoms with E-state index in [4.69, 9.17) is 19.4 Å². The van der Waals surface area contributed by atoms with Crippen LogP contribution in [0.1, 0.15) is 0 Å². The van der Waals surface area contributed by atoms with Gasteiger partial charge in [-0.25, -0.2) is 0 Å². The van der Waals surface area contributed by atoms with Gasteiger partial charge >= 0.3 is 7.32 Å². The van der Waals surface area contributed by atoms with Crippen molar-refractivity contribution in [3.63, 3.8) is 0 Å². The summed E-state index contributed by atoms with van der Waals surface area (Å²) in [5.41, 5.74) is 0.937. The number of anilines is 1. The van der Waals surface area contributed by atoms with Gasteiger partial charge in [0.15, 0.2) is 5.75 Å². The van der Waals surface area contributed by atoms with E-state index in [-0.39, 0.29) is 5.75 Å². The van der Waals surface area contributed by atoms with E-state index in [2.05, 4.69) is 0 Å². The monoisotopic (exact) mass is 211 g/mol. The lowest BCUT2D eigenvalue weighted by Gasteiger charge is -2.16. The fraction of sp³-hybridized carbons (Fsp3) is 0.333. The summed E-state index contributed by atoms with van der Waals surface area (Å²) in [5.74, 6) is 0.743. The van der Waals surface area contributed by atoms with Crippen molar-refractivity contribution in [1.29, 1.82) is 0 Å². The van der Waals surface area contributed by atoms with Gasteiger partial charge in [0.25, 0.3) is 0 Å². The SMILES string of the molecule is COc1cc(N(C)C)ccc1OB(O)O. The van der Waals surface area contributed by atoms with Crippen LogP contribution in [0.2, 0.25) is 0 Å². The van der Waals surface area contributed by atoms with Gasteiger partial charge < -0.3 is 24.3 Å². The first-order valence-corrected chi connectivity index (χ1v) is 4.42. The minimum absolute atomic E-state index is 0.290. The van der Waals surface area contributed by atoms with Crippen molar-refractivity contribution in [3.05, 3.63) is 18.2 Å². The number of hydrogen-bond acceptors (Lipinski definition) is 5. The molecular weight excluding hydrogens is 197 g/mol. The quantitative estimate of drug-likeness (QED) is 0.692. The summed E-state index contributed by atoms with van der Waals surface area (Å²) in [6.45, 7) is 0. The maximum Gasteiger partial charge on any atom is 0.707 e. The first-order valence-electron chi connectivity index (χ1n) is 4.42. The number of rotatable bonds is 4. The molecular formula is C9H14BNO4. The molecule has 0 heterocycles. The highest BCUT2D eigenvalue weighted by Crippen LogP contribution is 2.31. The molecule has 0 aliphatic heterocycles. The van der Waals surface area contributed by atoms with Crippen LogP contribution in [0.15, 0.2) is 18.2 Å². The Morgan fingerprint density at radius 3 is 2.33 bits per heavy atom. The molecule has 6 heteroatoms. The predicted octanol–water partition coefficient (Wildman–Crippen LogP) is 0.109. The third-order valence-electron chi connectivity index (χ3n) is 1.90. The van der Waals surface area contributed by atoms with Gasteiger partial charge in [-0.2, -0.15) is 0 Å². The lowest BCUT2D eigenvalue weighted by atomic mass is 10.2. The van der Waals surface area contributed by atoms with E-state index >= 15 is 0 Å². The minimum Gasteiger partial charge on any atom is -0.509 e. The summed E-state index contributed by atoms with van der Waals surface area (Å²) in [6, 6.07) is 5.16. The number of ether oxygens (including phenoxy) is 1. The van der Waals surface area contributed by atoms with E-state index < -0.39 is 7.32 Å². The number of methoxy groups -OCH3 is 1. The topological polar surface area (TPSA) is 62.2 Å². The van der Waals surface area contributed by atoms with Gasteiger partial charge in [0.1, 0.15) is 5.75 Å². The zero-order valence-corrected chi connectivity index (χ0v) is 8.97. The largest absolute Gasteiger partial charge is 0.707 e. The van der Waals surface area contributed by atoms with Crippen molar-refractivity contribution in [1.82, 2.24) is 0 Å². The second kappa shape index (κ2) is 4.90. The molecule has 1 rings (SSSR count). The van der Waals surface area contributed by atoms with E-state index in [1.165, 1.54) is 7.11 Å². The summed E-state index contributed by atoms with van der Waals surface area (Å²) in [4.78, 5) is 1.90. The number of nitrogens with zero attached hydrogens (tertiary/aromatic N) is 1. The zero-order valence-electron chi connectivity index (χ0n) is 8.97. The highest BCUT2D eigenvalue weighted by atomic mass is 16.6. The summed E-state index contributed by atoms with van der Waals surface area (Å²) >= 11 is 0. The molecule has 0 aliphatic carbocycles. The molecule has 1 aromatic rings. The average Bonchev–Trinajstić information content (AvgIpc) is 2.17. The third-order valence-corrected chi connectivity index (χ3v) is 1.90. The molecule has 0 amide bonds. The fourth-order valence-electron chi connectivity index (χ4n) is 1.15. The van der Waals surface area contributed by atoms with Crippen LogP contribution in [0.3, 0.4) is 0 Å². The molecule has 15 heavy (non-hydrogen) atoms. The fourth-order valence-corrected chi connectivity index (χ4v) is 1.15. The van der Waals surface area contributed by atoms with Crippen molar-refractivity contribution in [3.8, 4) is 11.5 Å². The van der Waals surface area contributed by atoms with Crippen LogP contribution >= 0.6 is 0 Å². The summed E-state index contributed by atoms with van der Waals surface area (Å²) in [7, 11) is 3.45. The van der Waals surface area contributed by atoms with Gasteiger partial charge in [-0.05, 0) is 12.1 Å². The first kappa shape index (κ1) is 11.7. The van der Waals surface area contributed by atoms with Gasteiger partial charge in [-0.1, -0.05) is 0 Å². The summed E-state index contributed by atoms with van der Waals surface area (Å²) in [5, 5.41) is 17.3. The van der Waals surface area contributed by atoms with Crippen LogP contribution in [0.5, 0.6) is 11.5 Å². The molecule has 0 saturated heterocycles. The molecule has 0 aromatic heterocycles. The average molecular weight is 211 g/mol. The van der Waals surface area contributed by atoms with Crippen molar-refractivity contribution in [2.24, 2.45) is 0 Å². The van der Waals surface area contributed by atoms with Gasteiger partial charge in [0.2, 0.25) is 0 Å². The third kappa shape index (κ3) is 3.04. The zero-order chi connectivity index (χ0) is 11.4. The molecule has 0 spiro atoms. The highest BCUT2D eigenvalue weighted by Gasteiger charge is 2.15. The van der Waals surface area contributed by atoms with Crippen molar-refractivity contribution in [2.45, 2.75) is 0 Å². The summed E-state index contributed by atoms with van der Waals surface area (Å²) < 4.78 is 9.80. The standard InChI is InChI=1S/C9H14BNO4/c1-11(2)7-4-5-8(15-10(12)13)9(6-7)14-3/h4-6,12-13H,1-3H3. The molecule has 82 valence electrons. The van der Waals surface area contributed by atoms with Crippen LogP contribution in [-0.4, -0.2) is 38.6 Å². The van der Waals surface area contributed by atoms with Gasteiger partial charge in [-0.15, -0.1) is 0 Å². The first-order chi connectivity index (χ1) is 7.04. The predicted molar refractivity (Wildman–Crippen MR) is 58.1 cm³/mol. The molecule has 0 saturated carbocycles. The van der Waals surface area contributed by atoms with E-state index in [1.807, 2.05) is 19.0 Å². The van der Waals surface area contributed by atoms with Crippen LogP contribution < -0.4 is 14.3 Å². The Morgan fingerprint density at radius 1 is 1.20 bits per heavy atom. The molecule has 0 atom stereocenters.